The van der Waals surface area contributed by atoms with Crippen LogP contribution in [0.2, 0.25) is 0 Å². The first-order valence-electron chi connectivity index (χ1n) is 6.13. The van der Waals surface area contributed by atoms with Gasteiger partial charge < -0.3 is 0 Å². The molecule has 1 heterocycles. The number of ketones is 1. The molecular formula is C13H16N2O3S. The molecule has 19 heavy (non-hydrogen) atoms. The van der Waals surface area contributed by atoms with Crippen LogP contribution in [0, 0.1) is 10.1 Å². The van der Waals surface area contributed by atoms with E-state index in [4.69, 9.17) is 0 Å². The topological polar surface area (TPSA) is 63.5 Å². The lowest BCUT2D eigenvalue weighted by molar-refractivity contribution is -0.384. The number of rotatable bonds is 5. The van der Waals surface area contributed by atoms with E-state index in [1.54, 1.807) is 0 Å². The summed E-state index contributed by atoms with van der Waals surface area (Å²) in [4.78, 5) is 24.2. The molecule has 2 rings (SSSR count). The second kappa shape index (κ2) is 6.16. The standard InChI is InChI=1S/C13H16N2O3S/c1-14(12-6-7-19-9-12)8-13(16)10-2-4-11(5-3-10)15(17)18/h2-5,12H,6-9H2,1H3. The zero-order valence-corrected chi connectivity index (χ0v) is 11.6. The van der Waals surface area contributed by atoms with Crippen LogP contribution in [-0.2, 0) is 0 Å². The Labute approximate surface area is 116 Å². The van der Waals surface area contributed by atoms with Crippen molar-refractivity contribution in [1.29, 1.82) is 0 Å². The van der Waals surface area contributed by atoms with Gasteiger partial charge in [-0.05, 0) is 31.4 Å². The van der Waals surface area contributed by atoms with E-state index >= 15 is 0 Å². The summed E-state index contributed by atoms with van der Waals surface area (Å²) in [5, 5.41) is 10.5. The third-order valence-electron chi connectivity index (χ3n) is 3.32. The highest BCUT2D eigenvalue weighted by molar-refractivity contribution is 7.99. The summed E-state index contributed by atoms with van der Waals surface area (Å²) in [6.07, 6.45) is 1.12. The Balaban J connectivity index is 1.97. The summed E-state index contributed by atoms with van der Waals surface area (Å²) in [6, 6.07) is 6.26. The third-order valence-corrected chi connectivity index (χ3v) is 4.47. The summed E-state index contributed by atoms with van der Waals surface area (Å²) < 4.78 is 0. The molecule has 1 atom stereocenters. The minimum atomic E-state index is -0.462. The fraction of sp³-hybridized carbons (Fsp3) is 0.462. The van der Waals surface area contributed by atoms with Crippen molar-refractivity contribution in [2.24, 2.45) is 0 Å². The Bertz CT molecular complexity index is 469. The van der Waals surface area contributed by atoms with Gasteiger partial charge in [0.25, 0.3) is 5.69 Å². The molecular weight excluding hydrogens is 264 g/mol. The largest absolute Gasteiger partial charge is 0.295 e. The van der Waals surface area contributed by atoms with E-state index in [0.29, 0.717) is 18.2 Å². The number of benzene rings is 1. The quantitative estimate of drug-likeness (QED) is 0.470. The summed E-state index contributed by atoms with van der Waals surface area (Å²) in [5.41, 5.74) is 0.542. The van der Waals surface area contributed by atoms with Gasteiger partial charge in [0.2, 0.25) is 0 Å². The zero-order valence-electron chi connectivity index (χ0n) is 10.7. The van der Waals surface area contributed by atoms with Gasteiger partial charge in [0.15, 0.2) is 5.78 Å². The number of carbonyl (C=O) groups is 1. The van der Waals surface area contributed by atoms with Gasteiger partial charge in [0, 0.05) is 29.5 Å². The van der Waals surface area contributed by atoms with Crippen LogP contribution in [0.25, 0.3) is 0 Å². The highest BCUT2D eigenvalue weighted by Gasteiger charge is 2.22. The average molecular weight is 280 g/mol. The van der Waals surface area contributed by atoms with Gasteiger partial charge in [0.1, 0.15) is 0 Å². The van der Waals surface area contributed by atoms with E-state index < -0.39 is 4.92 Å². The van der Waals surface area contributed by atoms with Crippen LogP contribution in [0.5, 0.6) is 0 Å². The van der Waals surface area contributed by atoms with Gasteiger partial charge in [-0.1, -0.05) is 0 Å². The normalized spacial score (nSPS) is 18.7. The average Bonchev–Trinajstić information content (AvgIpc) is 2.92. The van der Waals surface area contributed by atoms with Gasteiger partial charge in [-0.25, -0.2) is 0 Å². The van der Waals surface area contributed by atoms with Crippen molar-refractivity contribution in [2.45, 2.75) is 12.5 Å². The van der Waals surface area contributed by atoms with Crippen LogP contribution in [0.1, 0.15) is 16.8 Å². The molecule has 6 heteroatoms. The van der Waals surface area contributed by atoms with E-state index in [2.05, 4.69) is 4.90 Å². The Hall–Kier alpha value is -1.40. The number of carbonyl (C=O) groups excluding carboxylic acids is 1. The van der Waals surface area contributed by atoms with Crippen LogP contribution in [0.4, 0.5) is 5.69 Å². The van der Waals surface area contributed by atoms with Crippen molar-refractivity contribution < 1.29 is 9.72 Å². The first-order chi connectivity index (χ1) is 9.08. The molecule has 0 spiro atoms. The number of Topliss-reactive ketones (excluding diaryl/α,β-unsaturated/α-hetero) is 1. The fourth-order valence-electron chi connectivity index (χ4n) is 2.09. The number of nitrogens with zero attached hydrogens (tertiary/aromatic N) is 2. The fourth-order valence-corrected chi connectivity index (χ4v) is 3.38. The number of nitro groups is 1. The van der Waals surface area contributed by atoms with E-state index in [1.165, 1.54) is 24.3 Å². The van der Waals surface area contributed by atoms with Crippen molar-refractivity contribution in [2.75, 3.05) is 25.1 Å². The van der Waals surface area contributed by atoms with Crippen molar-refractivity contribution >= 4 is 23.2 Å². The Kier molecular flexibility index (Phi) is 4.55. The van der Waals surface area contributed by atoms with E-state index in [-0.39, 0.29) is 11.5 Å². The molecule has 1 fully saturated rings. The van der Waals surface area contributed by atoms with Gasteiger partial charge in [-0.2, -0.15) is 11.8 Å². The Morgan fingerprint density at radius 2 is 2.16 bits per heavy atom. The van der Waals surface area contributed by atoms with Gasteiger partial charge in [-0.15, -0.1) is 0 Å². The van der Waals surface area contributed by atoms with Crippen molar-refractivity contribution in [3.8, 4) is 0 Å². The molecule has 1 aromatic rings. The van der Waals surface area contributed by atoms with Crippen molar-refractivity contribution in [3.05, 3.63) is 39.9 Å². The highest BCUT2D eigenvalue weighted by atomic mass is 32.2. The number of thioether (sulfide) groups is 1. The molecule has 1 aliphatic rings. The van der Waals surface area contributed by atoms with Crippen molar-refractivity contribution in [3.63, 3.8) is 0 Å². The number of hydrogen-bond acceptors (Lipinski definition) is 5. The summed E-state index contributed by atoms with van der Waals surface area (Å²) >= 11 is 1.91. The zero-order chi connectivity index (χ0) is 13.8. The molecule has 1 unspecified atom stereocenters. The lowest BCUT2D eigenvalue weighted by atomic mass is 10.1. The summed E-state index contributed by atoms with van der Waals surface area (Å²) in [5.74, 6) is 2.24. The van der Waals surface area contributed by atoms with Gasteiger partial charge >= 0.3 is 0 Å². The van der Waals surface area contributed by atoms with E-state index in [9.17, 15) is 14.9 Å². The third kappa shape index (κ3) is 3.54. The van der Waals surface area contributed by atoms with Gasteiger partial charge in [-0.3, -0.25) is 19.8 Å². The van der Waals surface area contributed by atoms with Crippen LogP contribution in [0.3, 0.4) is 0 Å². The first kappa shape index (κ1) is 14.0. The molecule has 0 aromatic heterocycles. The Morgan fingerprint density at radius 3 is 2.68 bits per heavy atom. The monoisotopic (exact) mass is 280 g/mol. The lowest BCUT2D eigenvalue weighted by Gasteiger charge is -2.22. The molecule has 5 nitrogen and oxygen atoms in total. The minimum Gasteiger partial charge on any atom is -0.295 e. The minimum absolute atomic E-state index is 0.00861. The molecule has 1 aliphatic heterocycles. The molecule has 0 N–H and O–H groups in total. The molecule has 0 saturated carbocycles. The molecule has 0 amide bonds. The van der Waals surface area contributed by atoms with Crippen molar-refractivity contribution in [1.82, 2.24) is 4.90 Å². The maximum atomic E-state index is 12.1. The molecule has 1 aromatic carbocycles. The number of nitro benzene ring substituents is 1. The first-order valence-corrected chi connectivity index (χ1v) is 7.29. The predicted octanol–water partition coefficient (Wildman–Crippen LogP) is 2.21. The SMILES string of the molecule is CN(CC(=O)c1ccc([N+](=O)[O-])cc1)C1CCSC1. The van der Waals surface area contributed by atoms with Gasteiger partial charge in [0.05, 0.1) is 11.5 Å². The maximum absolute atomic E-state index is 12.1. The number of likely N-dealkylation sites (N-methyl/N-ethyl adjacent to an activating group) is 1. The smallest absolute Gasteiger partial charge is 0.269 e. The van der Waals surface area contributed by atoms with Crippen LogP contribution < -0.4 is 0 Å². The summed E-state index contributed by atoms with van der Waals surface area (Å²) in [7, 11) is 1.96. The molecule has 102 valence electrons. The van der Waals surface area contributed by atoms with E-state index in [0.717, 1.165) is 17.9 Å². The lowest BCUT2D eigenvalue weighted by Crippen LogP contribution is -2.35. The number of non-ortho nitro benzene ring substituents is 1. The molecule has 0 bridgehead atoms. The van der Waals surface area contributed by atoms with Crippen LogP contribution in [0.15, 0.2) is 24.3 Å². The van der Waals surface area contributed by atoms with Crippen LogP contribution >= 0.6 is 11.8 Å². The Morgan fingerprint density at radius 1 is 1.47 bits per heavy atom. The molecule has 0 aliphatic carbocycles. The molecule has 0 radical (unpaired) electrons. The highest BCUT2D eigenvalue weighted by Crippen LogP contribution is 2.21. The van der Waals surface area contributed by atoms with E-state index in [1.807, 2.05) is 18.8 Å². The summed E-state index contributed by atoms with van der Waals surface area (Å²) in [6.45, 7) is 0.364. The predicted molar refractivity (Wildman–Crippen MR) is 75.8 cm³/mol. The second-order valence-corrected chi connectivity index (χ2v) is 5.81. The second-order valence-electron chi connectivity index (χ2n) is 4.66. The number of hydrogen-bond donors (Lipinski definition) is 0. The maximum Gasteiger partial charge on any atom is 0.269 e. The molecule has 1 saturated heterocycles. The van der Waals surface area contributed by atoms with Crippen LogP contribution in [-0.4, -0.2) is 46.7 Å².